The number of nitrogens with zero attached hydrogens (tertiary/aromatic N) is 3. The van der Waals surface area contributed by atoms with Crippen LogP contribution in [0.25, 0.3) is 0 Å². The Morgan fingerprint density at radius 2 is 2.54 bits per heavy atom. The summed E-state index contributed by atoms with van der Waals surface area (Å²) in [5.74, 6) is 1.63. The second-order valence-corrected chi connectivity index (χ2v) is 3.62. The zero-order valence-corrected chi connectivity index (χ0v) is 8.04. The number of Topliss-reactive ketones (excluding diaryl/α,β-unsaturated/α-hetero) is 1. The summed E-state index contributed by atoms with van der Waals surface area (Å²) in [6.07, 6.45) is 3.50. The van der Waals surface area contributed by atoms with E-state index in [4.69, 9.17) is 0 Å². The highest BCUT2D eigenvalue weighted by Gasteiger charge is 2.24. The summed E-state index contributed by atoms with van der Waals surface area (Å²) in [6.45, 7) is 2.41. The molecule has 0 aromatic rings. The fourth-order valence-corrected chi connectivity index (χ4v) is 1.91. The molecule has 0 unspecified atom stereocenters. The lowest BCUT2D eigenvalue weighted by atomic mass is 10.2. The third-order valence-electron chi connectivity index (χ3n) is 1.84. The number of amidine groups is 1. The van der Waals surface area contributed by atoms with Gasteiger partial charge in [-0.15, -0.1) is 0 Å². The number of carbonyl (C=O) groups excluding carboxylic acids is 1. The van der Waals surface area contributed by atoms with Crippen LogP contribution in [0.1, 0.15) is 6.92 Å². The summed E-state index contributed by atoms with van der Waals surface area (Å²) in [5.41, 5.74) is 0.467. The van der Waals surface area contributed by atoms with Crippen molar-refractivity contribution in [1.82, 2.24) is 4.90 Å². The van der Waals surface area contributed by atoms with Gasteiger partial charge < -0.3 is 4.90 Å². The first kappa shape index (κ1) is 8.50. The Morgan fingerprint density at radius 3 is 3.31 bits per heavy atom. The van der Waals surface area contributed by atoms with E-state index in [0.29, 0.717) is 11.5 Å². The van der Waals surface area contributed by atoms with Crippen LogP contribution in [0.2, 0.25) is 0 Å². The van der Waals surface area contributed by atoms with E-state index in [9.17, 15) is 4.79 Å². The van der Waals surface area contributed by atoms with Crippen molar-refractivity contribution in [3.05, 3.63) is 12.4 Å². The van der Waals surface area contributed by atoms with Crippen molar-refractivity contribution >= 4 is 29.3 Å². The molecule has 0 amide bonds. The van der Waals surface area contributed by atoms with Gasteiger partial charge in [-0.25, -0.2) is 4.99 Å². The average molecular weight is 195 g/mol. The van der Waals surface area contributed by atoms with Crippen LogP contribution in [0.3, 0.4) is 0 Å². The minimum absolute atomic E-state index is 0.0319. The molecule has 13 heavy (non-hydrogen) atoms. The lowest BCUT2D eigenvalue weighted by molar-refractivity contribution is -0.110. The Hall–Kier alpha value is -1.10. The molecule has 0 fully saturated rings. The van der Waals surface area contributed by atoms with E-state index < -0.39 is 0 Å². The summed E-state index contributed by atoms with van der Waals surface area (Å²) >= 11 is 1.48. The van der Waals surface area contributed by atoms with Gasteiger partial charge in [0, 0.05) is 31.6 Å². The molecule has 0 spiro atoms. The molecule has 2 aliphatic heterocycles. The van der Waals surface area contributed by atoms with Crippen LogP contribution >= 0.6 is 11.9 Å². The van der Waals surface area contributed by atoms with Crippen molar-refractivity contribution in [3.63, 3.8) is 0 Å². The highest BCUT2D eigenvalue weighted by molar-refractivity contribution is 7.98. The SMILES string of the molecule is CC(=O)C1=NC=CN2CCSN=C12. The van der Waals surface area contributed by atoms with Gasteiger partial charge >= 0.3 is 0 Å². The number of carbonyl (C=O) groups is 1. The monoisotopic (exact) mass is 195 g/mol. The zero-order chi connectivity index (χ0) is 9.26. The van der Waals surface area contributed by atoms with Crippen molar-refractivity contribution in [2.24, 2.45) is 9.39 Å². The molecule has 0 saturated carbocycles. The molecular formula is C8H9N3OS. The molecule has 0 saturated heterocycles. The largest absolute Gasteiger partial charge is 0.328 e. The minimum Gasteiger partial charge on any atom is -0.328 e. The van der Waals surface area contributed by atoms with E-state index in [1.165, 1.54) is 18.9 Å². The van der Waals surface area contributed by atoms with Crippen LogP contribution in [0.4, 0.5) is 0 Å². The van der Waals surface area contributed by atoms with Crippen LogP contribution in [0.15, 0.2) is 21.8 Å². The molecule has 0 bridgehead atoms. The molecule has 2 rings (SSSR count). The summed E-state index contributed by atoms with van der Waals surface area (Å²) < 4.78 is 4.21. The van der Waals surface area contributed by atoms with Crippen molar-refractivity contribution in [3.8, 4) is 0 Å². The van der Waals surface area contributed by atoms with E-state index in [2.05, 4.69) is 9.39 Å². The van der Waals surface area contributed by atoms with E-state index in [-0.39, 0.29) is 5.78 Å². The van der Waals surface area contributed by atoms with E-state index in [1.807, 2.05) is 11.1 Å². The topological polar surface area (TPSA) is 45.0 Å². The first-order chi connectivity index (χ1) is 6.29. The number of hydrogen-bond donors (Lipinski definition) is 0. The van der Waals surface area contributed by atoms with Crippen LogP contribution in [-0.2, 0) is 4.79 Å². The maximum atomic E-state index is 11.2. The van der Waals surface area contributed by atoms with Crippen LogP contribution in [0.5, 0.6) is 0 Å². The Kier molecular flexibility index (Phi) is 2.18. The number of ketones is 1. The maximum Gasteiger partial charge on any atom is 0.181 e. The van der Waals surface area contributed by atoms with E-state index in [0.717, 1.165) is 12.3 Å². The first-order valence-electron chi connectivity index (χ1n) is 4.01. The smallest absolute Gasteiger partial charge is 0.181 e. The van der Waals surface area contributed by atoms with Gasteiger partial charge in [0.1, 0.15) is 5.71 Å². The van der Waals surface area contributed by atoms with Gasteiger partial charge in [-0.3, -0.25) is 4.79 Å². The highest BCUT2D eigenvalue weighted by Crippen LogP contribution is 2.16. The number of hydrogen-bond acceptors (Lipinski definition) is 5. The van der Waals surface area contributed by atoms with Crippen LogP contribution in [0, 0.1) is 0 Å². The van der Waals surface area contributed by atoms with Crippen molar-refractivity contribution in [2.75, 3.05) is 12.3 Å². The van der Waals surface area contributed by atoms with Crippen molar-refractivity contribution in [2.45, 2.75) is 6.92 Å². The Balaban J connectivity index is 2.37. The molecule has 68 valence electrons. The molecule has 0 aromatic carbocycles. The third-order valence-corrected chi connectivity index (χ3v) is 2.51. The minimum atomic E-state index is -0.0319. The fourth-order valence-electron chi connectivity index (χ4n) is 1.22. The molecule has 0 atom stereocenters. The van der Waals surface area contributed by atoms with E-state index >= 15 is 0 Å². The number of fused-ring (bicyclic) bond motifs is 1. The standard InChI is InChI=1S/C8H9N3OS/c1-6(12)7-8-10-13-5-4-11(8)3-2-9-7/h2-3H,4-5H2,1H3. The van der Waals surface area contributed by atoms with Gasteiger partial charge in [-0.1, -0.05) is 0 Å². The quantitative estimate of drug-likeness (QED) is 0.583. The summed E-state index contributed by atoms with van der Waals surface area (Å²) in [5, 5.41) is 0. The molecule has 2 heterocycles. The predicted octanol–water partition coefficient (Wildman–Crippen LogP) is 0.864. The fraction of sp³-hybridized carbons (Fsp3) is 0.375. The lowest BCUT2D eigenvalue weighted by Gasteiger charge is -2.26. The Bertz CT molecular complexity index is 332. The number of rotatable bonds is 1. The summed E-state index contributed by atoms with van der Waals surface area (Å²) in [7, 11) is 0. The molecule has 0 aromatic heterocycles. The van der Waals surface area contributed by atoms with Gasteiger partial charge in [-0.05, 0) is 11.9 Å². The third kappa shape index (κ3) is 1.51. The molecule has 0 N–H and O–H groups in total. The second-order valence-electron chi connectivity index (χ2n) is 2.77. The van der Waals surface area contributed by atoms with Crippen molar-refractivity contribution < 1.29 is 4.79 Å². The van der Waals surface area contributed by atoms with E-state index in [1.54, 1.807) is 6.20 Å². The normalized spacial score (nSPS) is 20.5. The van der Waals surface area contributed by atoms with Gasteiger partial charge in [0.05, 0.1) is 0 Å². The zero-order valence-electron chi connectivity index (χ0n) is 7.23. The van der Waals surface area contributed by atoms with Gasteiger partial charge in [0.15, 0.2) is 11.6 Å². The first-order valence-corrected chi connectivity index (χ1v) is 4.95. The van der Waals surface area contributed by atoms with Crippen LogP contribution in [-0.4, -0.2) is 34.5 Å². The molecule has 4 nitrogen and oxygen atoms in total. The summed E-state index contributed by atoms with van der Waals surface area (Å²) in [4.78, 5) is 17.1. The predicted molar refractivity (Wildman–Crippen MR) is 53.9 cm³/mol. The van der Waals surface area contributed by atoms with Crippen LogP contribution < -0.4 is 0 Å². The van der Waals surface area contributed by atoms with Gasteiger partial charge in [-0.2, -0.15) is 4.40 Å². The Labute approximate surface area is 80.6 Å². The van der Waals surface area contributed by atoms with Crippen molar-refractivity contribution in [1.29, 1.82) is 0 Å². The average Bonchev–Trinajstić information content (AvgIpc) is 2.17. The molecule has 0 radical (unpaired) electrons. The lowest BCUT2D eigenvalue weighted by Crippen LogP contribution is -2.40. The molecule has 0 aliphatic carbocycles. The summed E-state index contributed by atoms with van der Waals surface area (Å²) in [6, 6.07) is 0. The highest BCUT2D eigenvalue weighted by atomic mass is 32.2. The van der Waals surface area contributed by atoms with Gasteiger partial charge in [0.2, 0.25) is 0 Å². The molecule has 2 aliphatic rings. The maximum absolute atomic E-state index is 11.2. The second kappa shape index (κ2) is 3.33. The Morgan fingerprint density at radius 1 is 1.69 bits per heavy atom. The number of aliphatic imine (C=N–C) groups is 1. The molecular weight excluding hydrogens is 186 g/mol. The molecule has 5 heteroatoms. The van der Waals surface area contributed by atoms with Gasteiger partial charge in [0.25, 0.3) is 0 Å².